The summed E-state index contributed by atoms with van der Waals surface area (Å²) in [5.41, 5.74) is 6.76. The van der Waals surface area contributed by atoms with E-state index in [2.05, 4.69) is 11.8 Å². The van der Waals surface area contributed by atoms with Crippen LogP contribution in [0.15, 0.2) is 53.6 Å². The van der Waals surface area contributed by atoms with Gasteiger partial charge in [0.25, 0.3) is 0 Å². The van der Waals surface area contributed by atoms with Crippen LogP contribution in [0.5, 0.6) is 11.5 Å². The lowest BCUT2D eigenvalue weighted by Gasteiger charge is -2.16. The first-order chi connectivity index (χ1) is 12.8. The number of nitrogens with zero attached hydrogens (tertiary/aromatic N) is 2. The van der Waals surface area contributed by atoms with Crippen molar-refractivity contribution in [1.82, 2.24) is 5.01 Å². The van der Waals surface area contributed by atoms with Gasteiger partial charge in [-0.25, -0.2) is 5.01 Å². The molecule has 2 aromatic carbocycles. The molecule has 0 amide bonds. The van der Waals surface area contributed by atoms with Crippen LogP contribution in [0.25, 0.3) is 0 Å². The average molecular weight is 390 g/mol. The van der Waals surface area contributed by atoms with Crippen LogP contribution in [0.4, 0.5) is 0 Å². The average Bonchev–Trinajstić information content (AvgIpc) is 2.58. The largest absolute Gasteiger partial charge is 0.492 e. The van der Waals surface area contributed by atoms with Crippen LogP contribution >= 0.6 is 0 Å². The van der Waals surface area contributed by atoms with Crippen LogP contribution in [0, 0.1) is 12.3 Å². The molecule has 0 saturated heterocycles. The van der Waals surface area contributed by atoms with Gasteiger partial charge in [0.1, 0.15) is 23.9 Å². The van der Waals surface area contributed by atoms with Crippen molar-refractivity contribution in [2.45, 2.75) is 12.7 Å². The number of aryl methyl sites for hydroxylation is 1. The summed E-state index contributed by atoms with van der Waals surface area (Å²) in [4.78, 5) is 0. The van der Waals surface area contributed by atoms with Gasteiger partial charge in [-0.3, -0.25) is 5.41 Å². The molecule has 0 heterocycles. The van der Waals surface area contributed by atoms with Crippen LogP contribution in [0.1, 0.15) is 11.1 Å². The third kappa shape index (κ3) is 6.63. The molecule has 0 radical (unpaired) electrons. The fraction of sp³-hybridized carbons (Fsp3) is 0.222. The summed E-state index contributed by atoms with van der Waals surface area (Å²) in [5, 5.41) is 12.1. The summed E-state index contributed by atoms with van der Waals surface area (Å²) in [6.07, 6.45) is 0. The minimum atomic E-state index is -3.80. The number of rotatable bonds is 9. The van der Waals surface area contributed by atoms with E-state index >= 15 is 0 Å². The monoisotopic (exact) mass is 390 g/mol. The Bertz CT molecular complexity index is 901. The van der Waals surface area contributed by atoms with Gasteiger partial charge < -0.3 is 14.7 Å². The van der Waals surface area contributed by atoms with Crippen LogP contribution in [0.2, 0.25) is 0 Å². The highest BCUT2D eigenvalue weighted by Crippen LogP contribution is 2.24. The Morgan fingerprint density at radius 2 is 1.89 bits per heavy atom. The topological polar surface area (TPSA) is 118 Å². The maximum Gasteiger partial charge on any atom is 0.313 e. The van der Waals surface area contributed by atoms with Crippen molar-refractivity contribution < 1.29 is 17.3 Å². The van der Waals surface area contributed by atoms with Crippen LogP contribution in [-0.2, 0) is 15.9 Å². The van der Waals surface area contributed by atoms with Crippen molar-refractivity contribution in [2.24, 2.45) is 10.8 Å². The number of hydrogen-bond donors (Lipinski definition) is 2. The predicted molar refractivity (Wildman–Crippen MR) is 105 cm³/mol. The molecule has 0 bridgehead atoms. The van der Waals surface area contributed by atoms with E-state index in [1.54, 1.807) is 43.3 Å². The van der Waals surface area contributed by atoms with Gasteiger partial charge in [-0.05, 0) is 30.2 Å². The molecule has 0 aliphatic carbocycles. The van der Waals surface area contributed by atoms with Gasteiger partial charge >= 0.3 is 10.1 Å². The Hall–Kier alpha value is -3.07. The molecule has 0 aromatic heterocycles. The molecule has 2 aromatic rings. The van der Waals surface area contributed by atoms with Gasteiger partial charge in [-0.1, -0.05) is 30.3 Å². The molecule has 8 nitrogen and oxygen atoms in total. The molecule has 0 spiro atoms. The van der Waals surface area contributed by atoms with E-state index in [1.165, 1.54) is 11.1 Å². The summed E-state index contributed by atoms with van der Waals surface area (Å²) in [6, 6.07) is 13.7. The van der Waals surface area contributed by atoms with E-state index in [4.69, 9.17) is 20.1 Å². The minimum absolute atomic E-state index is 0.172. The van der Waals surface area contributed by atoms with E-state index in [9.17, 15) is 8.42 Å². The number of benzene rings is 2. The number of nitrogens with one attached hydrogen (secondary N) is 1. The molecule has 144 valence electrons. The first-order valence-corrected chi connectivity index (χ1v) is 9.65. The highest BCUT2D eigenvalue weighted by molar-refractivity contribution is 7.86. The van der Waals surface area contributed by atoms with Gasteiger partial charge in [-0.15, -0.1) is 0 Å². The van der Waals surface area contributed by atoms with Crippen molar-refractivity contribution >= 4 is 22.8 Å². The Labute approximate surface area is 158 Å². The normalized spacial score (nSPS) is 10.9. The molecule has 0 unspecified atom stereocenters. The highest BCUT2D eigenvalue weighted by Gasteiger charge is 2.15. The van der Waals surface area contributed by atoms with Crippen molar-refractivity contribution in [3.05, 3.63) is 59.7 Å². The molecule has 9 heteroatoms. The number of hydrazone groups is 1. The molecule has 0 aliphatic rings. The Balaban J connectivity index is 2.03. The maximum absolute atomic E-state index is 12.3. The number of hydrogen-bond acceptors (Lipinski definition) is 6. The second-order valence-corrected chi connectivity index (χ2v) is 7.32. The third-order valence-electron chi connectivity index (χ3n) is 3.45. The van der Waals surface area contributed by atoms with Crippen LogP contribution < -0.4 is 14.7 Å². The standard InChI is InChI=1S/C18H22N4O4S/c1-14-10-16(25-9-8-22(21-2)18(19)20)12-17(11-14)26-27(23,24)13-15-6-4-3-5-7-15/h3-7,10-12H,2,8-9,13H2,1H3,(H3,19,20). The first-order valence-electron chi connectivity index (χ1n) is 8.08. The van der Waals surface area contributed by atoms with E-state index in [0.29, 0.717) is 11.3 Å². The lowest BCUT2D eigenvalue weighted by Crippen LogP contribution is -2.34. The van der Waals surface area contributed by atoms with E-state index in [-0.39, 0.29) is 30.6 Å². The Kier molecular flexibility index (Phi) is 6.78. The first kappa shape index (κ1) is 20.2. The molecular weight excluding hydrogens is 368 g/mol. The molecule has 0 atom stereocenters. The Morgan fingerprint density at radius 3 is 2.52 bits per heavy atom. The third-order valence-corrected chi connectivity index (χ3v) is 4.59. The van der Waals surface area contributed by atoms with Crippen molar-refractivity contribution in [2.75, 3.05) is 13.2 Å². The van der Waals surface area contributed by atoms with Gasteiger partial charge in [0.05, 0.1) is 6.54 Å². The second kappa shape index (κ2) is 9.04. The zero-order valence-electron chi connectivity index (χ0n) is 15.0. The lowest BCUT2D eigenvalue weighted by atomic mass is 10.2. The predicted octanol–water partition coefficient (Wildman–Crippen LogP) is 2.09. The molecule has 0 saturated carbocycles. The number of guanidine groups is 1. The number of nitrogens with two attached hydrogens (primary N) is 1. The minimum Gasteiger partial charge on any atom is -0.492 e. The molecular formula is C18H22N4O4S. The fourth-order valence-corrected chi connectivity index (χ4v) is 3.37. The summed E-state index contributed by atoms with van der Waals surface area (Å²) >= 11 is 0. The summed E-state index contributed by atoms with van der Waals surface area (Å²) in [5.74, 6) is 0.142. The number of ether oxygens (including phenoxy) is 1. The van der Waals surface area contributed by atoms with Crippen LogP contribution in [-0.4, -0.2) is 39.3 Å². The molecule has 0 fully saturated rings. The summed E-state index contributed by atoms with van der Waals surface area (Å²) in [6.45, 7) is 5.54. The van der Waals surface area contributed by atoms with Crippen molar-refractivity contribution in [3.8, 4) is 11.5 Å². The van der Waals surface area contributed by atoms with Gasteiger partial charge in [0, 0.05) is 12.8 Å². The van der Waals surface area contributed by atoms with Crippen molar-refractivity contribution in [3.63, 3.8) is 0 Å². The Morgan fingerprint density at radius 1 is 1.22 bits per heavy atom. The van der Waals surface area contributed by atoms with E-state index in [0.717, 1.165) is 5.56 Å². The lowest BCUT2D eigenvalue weighted by molar-refractivity contribution is 0.271. The molecule has 27 heavy (non-hydrogen) atoms. The molecule has 0 aliphatic heterocycles. The quantitative estimate of drug-likeness (QED) is 0.293. The molecule has 3 N–H and O–H groups in total. The summed E-state index contributed by atoms with van der Waals surface area (Å²) in [7, 11) is -3.80. The van der Waals surface area contributed by atoms with E-state index in [1.807, 2.05) is 6.07 Å². The zero-order valence-corrected chi connectivity index (χ0v) is 15.8. The van der Waals surface area contributed by atoms with Gasteiger partial charge in [-0.2, -0.15) is 13.5 Å². The highest BCUT2D eigenvalue weighted by atomic mass is 32.2. The van der Waals surface area contributed by atoms with Crippen molar-refractivity contribution in [1.29, 1.82) is 5.41 Å². The smallest absolute Gasteiger partial charge is 0.313 e. The van der Waals surface area contributed by atoms with Gasteiger partial charge in [0.2, 0.25) is 5.96 Å². The second-order valence-electron chi connectivity index (χ2n) is 5.75. The SMILES string of the molecule is C=NN(CCOc1cc(C)cc(OS(=O)(=O)Cc2ccccc2)c1)C(=N)N. The fourth-order valence-electron chi connectivity index (χ4n) is 2.32. The summed E-state index contributed by atoms with van der Waals surface area (Å²) < 4.78 is 35.4. The van der Waals surface area contributed by atoms with E-state index < -0.39 is 10.1 Å². The zero-order chi connectivity index (χ0) is 19.9. The molecule has 2 rings (SSSR count). The van der Waals surface area contributed by atoms with Crippen LogP contribution in [0.3, 0.4) is 0 Å². The van der Waals surface area contributed by atoms with Gasteiger partial charge in [0.15, 0.2) is 0 Å². The maximum atomic E-state index is 12.3.